The Hall–Kier alpha value is -2.56. The van der Waals surface area contributed by atoms with Crippen LogP contribution in [0.1, 0.15) is 32.3 Å². The molecule has 166 valence electrons. The van der Waals surface area contributed by atoms with Gasteiger partial charge < -0.3 is 20.1 Å². The number of carbonyl (C=O) groups is 2. The van der Waals surface area contributed by atoms with Gasteiger partial charge in [-0.2, -0.15) is 0 Å². The summed E-state index contributed by atoms with van der Waals surface area (Å²) in [6, 6.07) is 4.58. The van der Waals surface area contributed by atoms with Gasteiger partial charge in [0.1, 0.15) is 12.4 Å². The number of hydrogen-bond acceptors (Lipinski definition) is 7. The third-order valence-corrected chi connectivity index (χ3v) is 6.41. The number of aromatic nitrogens is 4. The molecule has 2 aliphatic rings. The maximum Gasteiger partial charge on any atom is 0.255 e. The quantitative estimate of drug-likeness (QED) is 0.639. The van der Waals surface area contributed by atoms with Crippen LogP contribution in [0.15, 0.2) is 24.5 Å². The Labute approximate surface area is 184 Å². The molecule has 1 aliphatic heterocycles. The lowest BCUT2D eigenvalue weighted by Crippen LogP contribution is -2.55. The molecule has 31 heavy (non-hydrogen) atoms. The van der Waals surface area contributed by atoms with Crippen LogP contribution in [-0.2, 0) is 20.9 Å². The van der Waals surface area contributed by atoms with Crippen LogP contribution in [0.5, 0.6) is 0 Å². The van der Waals surface area contributed by atoms with E-state index in [9.17, 15) is 14.7 Å². The minimum absolute atomic E-state index is 0.00601. The van der Waals surface area contributed by atoms with Gasteiger partial charge in [-0.3, -0.25) is 9.59 Å². The lowest BCUT2D eigenvalue weighted by molar-refractivity contribution is -0.160. The Morgan fingerprint density at radius 3 is 2.84 bits per heavy atom. The third-order valence-electron chi connectivity index (χ3n) is 6.17. The number of aliphatic hydroxyl groups excluding tert-OH is 1. The number of methoxy groups -OCH3 is 1. The number of aliphatic hydroxyl groups is 1. The van der Waals surface area contributed by atoms with Crippen LogP contribution < -0.4 is 5.32 Å². The first kappa shape index (κ1) is 21.7. The molecular formula is C20H25ClN6O4. The molecule has 4 atom stereocenters. The van der Waals surface area contributed by atoms with Crippen molar-refractivity contribution in [2.24, 2.45) is 5.92 Å². The van der Waals surface area contributed by atoms with Gasteiger partial charge in [-0.25, -0.2) is 4.68 Å². The van der Waals surface area contributed by atoms with Crippen molar-refractivity contribution >= 4 is 23.4 Å². The number of rotatable bonds is 7. The van der Waals surface area contributed by atoms with Gasteiger partial charge >= 0.3 is 0 Å². The first-order chi connectivity index (χ1) is 14.7. The van der Waals surface area contributed by atoms with E-state index in [0.29, 0.717) is 23.0 Å². The number of nitrogens with one attached hydrogen (secondary N) is 1. The number of ether oxygens (including phenoxy) is 1. The fraction of sp³-hybridized carbons (Fsp3) is 0.550. The molecule has 1 aromatic carbocycles. The molecule has 1 saturated heterocycles. The summed E-state index contributed by atoms with van der Waals surface area (Å²) in [4.78, 5) is 27.6. The van der Waals surface area contributed by atoms with Crippen molar-refractivity contribution in [3.05, 3.63) is 35.1 Å². The largest absolute Gasteiger partial charge is 0.380 e. The highest BCUT2D eigenvalue weighted by Gasteiger charge is 2.57. The van der Waals surface area contributed by atoms with Crippen molar-refractivity contribution in [2.45, 2.75) is 57.0 Å². The smallest absolute Gasteiger partial charge is 0.255 e. The molecule has 2 amide bonds. The van der Waals surface area contributed by atoms with Crippen LogP contribution in [0, 0.1) is 5.92 Å². The molecule has 10 nitrogen and oxygen atoms in total. The van der Waals surface area contributed by atoms with Gasteiger partial charge in [0.05, 0.1) is 11.3 Å². The van der Waals surface area contributed by atoms with Gasteiger partial charge in [0.2, 0.25) is 5.91 Å². The Morgan fingerprint density at radius 1 is 1.39 bits per heavy atom. The number of halogens is 1. The van der Waals surface area contributed by atoms with Crippen molar-refractivity contribution in [1.29, 1.82) is 0 Å². The standard InChI is InChI=1S/C20H25ClN6O4/c1-20(2,31-3)17(28)19(30)27-15-7-11(15)8-16(27)18(29)22-9-12-6-13(21)4-5-14(12)26-10-23-24-25-26/h4-6,10-11,15-17,28H,7-9H2,1-3H3,(H,22,29)/t11-,15-,16-,17-/m0/s1. The fourth-order valence-electron chi connectivity index (χ4n) is 4.05. The second kappa shape index (κ2) is 8.18. The van der Waals surface area contributed by atoms with E-state index in [1.165, 1.54) is 23.0 Å². The molecule has 0 spiro atoms. The molecule has 0 radical (unpaired) electrons. The lowest BCUT2D eigenvalue weighted by Gasteiger charge is -2.34. The average Bonchev–Trinajstić information content (AvgIpc) is 3.15. The number of piperidine rings is 1. The normalized spacial score (nSPS) is 23.4. The minimum atomic E-state index is -1.36. The highest BCUT2D eigenvalue weighted by molar-refractivity contribution is 6.30. The number of likely N-dealkylation sites (tertiary alicyclic amines) is 1. The molecule has 2 N–H and O–H groups in total. The summed E-state index contributed by atoms with van der Waals surface area (Å²) < 4.78 is 6.75. The van der Waals surface area contributed by atoms with Crippen molar-refractivity contribution in [2.75, 3.05) is 7.11 Å². The molecule has 2 aromatic rings. The van der Waals surface area contributed by atoms with Crippen LogP contribution in [0.3, 0.4) is 0 Å². The molecule has 1 aliphatic carbocycles. The minimum Gasteiger partial charge on any atom is -0.380 e. The lowest BCUT2D eigenvalue weighted by atomic mass is 9.99. The zero-order chi connectivity index (χ0) is 22.3. The van der Waals surface area contributed by atoms with Crippen molar-refractivity contribution < 1.29 is 19.4 Å². The summed E-state index contributed by atoms with van der Waals surface area (Å²) in [7, 11) is 1.44. The number of nitrogens with zero attached hydrogens (tertiary/aromatic N) is 5. The highest BCUT2D eigenvalue weighted by atomic mass is 35.5. The summed E-state index contributed by atoms with van der Waals surface area (Å²) in [5.41, 5.74) is 0.371. The molecule has 0 unspecified atom stereocenters. The highest BCUT2D eigenvalue weighted by Crippen LogP contribution is 2.48. The topological polar surface area (TPSA) is 122 Å². The number of fused-ring (bicyclic) bond motifs is 1. The fourth-order valence-corrected chi connectivity index (χ4v) is 4.24. The van der Waals surface area contributed by atoms with E-state index >= 15 is 0 Å². The predicted molar refractivity (Wildman–Crippen MR) is 110 cm³/mol. The van der Waals surface area contributed by atoms with Crippen LogP contribution in [-0.4, -0.2) is 72.9 Å². The van der Waals surface area contributed by atoms with E-state index in [1.54, 1.807) is 32.0 Å². The summed E-state index contributed by atoms with van der Waals surface area (Å²) in [6.07, 6.45) is 1.54. The van der Waals surface area contributed by atoms with Crippen molar-refractivity contribution in [3.63, 3.8) is 0 Å². The Morgan fingerprint density at radius 2 is 2.16 bits per heavy atom. The molecular weight excluding hydrogens is 424 g/mol. The van der Waals surface area contributed by atoms with Gasteiger partial charge in [0.25, 0.3) is 5.91 Å². The van der Waals surface area contributed by atoms with Crippen molar-refractivity contribution in [1.82, 2.24) is 30.4 Å². The molecule has 4 rings (SSSR count). The SMILES string of the molecule is COC(C)(C)[C@@H](O)C(=O)N1[C@H](C(=O)NCc2cc(Cl)ccc2-n2cnnn2)C[C@@H]2C[C@@H]21. The van der Waals surface area contributed by atoms with Gasteiger partial charge in [-0.05, 0) is 66.8 Å². The number of amides is 2. The predicted octanol–water partition coefficient (Wildman–Crippen LogP) is 0.707. The second-order valence-corrected chi connectivity index (χ2v) is 8.95. The Bertz CT molecular complexity index is 982. The van der Waals surface area contributed by atoms with Crippen LogP contribution in [0.25, 0.3) is 5.69 Å². The van der Waals surface area contributed by atoms with Gasteiger partial charge in [-0.15, -0.1) is 5.10 Å². The van der Waals surface area contributed by atoms with Gasteiger partial charge in [0.15, 0.2) is 6.10 Å². The summed E-state index contributed by atoms with van der Waals surface area (Å²) >= 11 is 6.14. The zero-order valence-electron chi connectivity index (χ0n) is 17.5. The molecule has 1 aromatic heterocycles. The maximum atomic E-state index is 13.0. The molecule has 2 fully saturated rings. The number of carbonyl (C=O) groups excluding carboxylic acids is 2. The Balaban J connectivity index is 1.48. The average molecular weight is 449 g/mol. The summed E-state index contributed by atoms with van der Waals surface area (Å²) in [6.45, 7) is 3.48. The van der Waals surface area contributed by atoms with E-state index in [0.717, 1.165) is 12.0 Å². The number of hydrogen-bond donors (Lipinski definition) is 2. The molecule has 11 heteroatoms. The first-order valence-electron chi connectivity index (χ1n) is 10.1. The number of tetrazole rings is 1. The van der Waals surface area contributed by atoms with E-state index in [1.807, 2.05) is 0 Å². The van der Waals surface area contributed by atoms with Crippen molar-refractivity contribution in [3.8, 4) is 5.69 Å². The third kappa shape index (κ3) is 4.15. The molecule has 1 saturated carbocycles. The van der Waals surface area contributed by atoms with Gasteiger partial charge in [-0.1, -0.05) is 11.6 Å². The summed E-state index contributed by atoms with van der Waals surface area (Å²) in [5.74, 6) is -0.458. The van der Waals surface area contributed by atoms with E-state index in [-0.39, 0.29) is 18.5 Å². The monoisotopic (exact) mass is 448 g/mol. The summed E-state index contributed by atoms with van der Waals surface area (Å²) in [5, 5.41) is 25.1. The van der Waals surface area contributed by atoms with E-state index < -0.39 is 23.7 Å². The van der Waals surface area contributed by atoms with Crippen LogP contribution in [0.2, 0.25) is 5.02 Å². The van der Waals surface area contributed by atoms with E-state index in [2.05, 4.69) is 20.8 Å². The maximum absolute atomic E-state index is 13.0. The molecule has 0 bridgehead atoms. The number of benzene rings is 1. The van der Waals surface area contributed by atoms with Crippen LogP contribution in [0.4, 0.5) is 0 Å². The van der Waals surface area contributed by atoms with E-state index in [4.69, 9.17) is 16.3 Å². The second-order valence-electron chi connectivity index (χ2n) is 8.52. The first-order valence-corrected chi connectivity index (χ1v) is 10.5. The Kier molecular flexibility index (Phi) is 5.71. The molecule has 2 heterocycles. The van der Waals surface area contributed by atoms with Crippen LogP contribution >= 0.6 is 11.6 Å². The zero-order valence-corrected chi connectivity index (χ0v) is 18.3. The van der Waals surface area contributed by atoms with Gasteiger partial charge in [0, 0.05) is 24.7 Å².